The number of H-pyrrole nitrogens is 1. The first kappa shape index (κ1) is 21.8. The summed E-state index contributed by atoms with van der Waals surface area (Å²) in [7, 11) is 1.63. The predicted octanol–water partition coefficient (Wildman–Crippen LogP) is 3.89. The van der Waals surface area contributed by atoms with E-state index in [9.17, 15) is 4.79 Å². The Hall–Kier alpha value is -3.06. The third kappa shape index (κ3) is 4.83. The number of benzene rings is 1. The van der Waals surface area contributed by atoms with Crippen LogP contribution in [0.1, 0.15) is 35.3 Å². The van der Waals surface area contributed by atoms with Crippen molar-refractivity contribution in [3.63, 3.8) is 0 Å². The van der Waals surface area contributed by atoms with Gasteiger partial charge in [-0.2, -0.15) is 0 Å². The molecule has 7 nitrogen and oxygen atoms in total. The third-order valence-corrected chi connectivity index (χ3v) is 6.72. The van der Waals surface area contributed by atoms with Crippen molar-refractivity contribution < 1.29 is 14.3 Å². The lowest BCUT2D eigenvalue weighted by Gasteiger charge is -2.30. The first-order valence-corrected chi connectivity index (χ1v) is 11.9. The van der Waals surface area contributed by atoms with E-state index in [4.69, 9.17) is 14.5 Å². The van der Waals surface area contributed by atoms with Crippen LogP contribution in [0.3, 0.4) is 0 Å². The molecule has 1 aromatic carbocycles. The van der Waals surface area contributed by atoms with Crippen LogP contribution in [0.5, 0.6) is 5.75 Å². The average Bonchev–Trinajstić information content (AvgIpc) is 3.21. The molecule has 1 atom stereocenters. The molecule has 5 rings (SSSR count). The first-order valence-electron chi connectivity index (χ1n) is 11.9. The molecule has 1 amide bonds. The Bertz CT molecular complexity index is 1110. The van der Waals surface area contributed by atoms with E-state index in [1.165, 1.54) is 19.3 Å². The van der Waals surface area contributed by atoms with Gasteiger partial charge in [-0.05, 0) is 62.1 Å². The Morgan fingerprint density at radius 2 is 2.03 bits per heavy atom. The van der Waals surface area contributed by atoms with Gasteiger partial charge in [-0.25, -0.2) is 4.98 Å². The lowest BCUT2D eigenvalue weighted by atomic mass is 10.0. The molecule has 2 saturated heterocycles. The second-order valence-corrected chi connectivity index (χ2v) is 9.05. The number of hydrogen-bond acceptors (Lipinski definition) is 5. The topological polar surface area (TPSA) is 70.7 Å². The number of rotatable bonds is 5. The molecule has 0 radical (unpaired) electrons. The van der Waals surface area contributed by atoms with Crippen molar-refractivity contribution in [3.05, 3.63) is 53.9 Å². The Labute approximate surface area is 194 Å². The van der Waals surface area contributed by atoms with E-state index in [2.05, 4.69) is 28.1 Å². The van der Waals surface area contributed by atoms with Gasteiger partial charge in [0.25, 0.3) is 5.91 Å². The number of amides is 1. The largest absolute Gasteiger partial charge is 0.496 e. The second kappa shape index (κ2) is 9.83. The van der Waals surface area contributed by atoms with Crippen LogP contribution in [0.4, 0.5) is 5.69 Å². The van der Waals surface area contributed by atoms with E-state index >= 15 is 0 Å². The standard InChI is InChI=1S/C26H32N4O3/c1-32-24-8-7-22(29-11-3-2-4-12-29)16-23(24)26(31)30-13-14-33-18-19(17-30)15-21-6-5-20-9-10-27-25(20)28-21/h5-10,16,19H,2-4,11-15,17-18H2,1H3,(H,27,28)/t19-/m0/s1. The van der Waals surface area contributed by atoms with Crippen LogP contribution in [-0.4, -0.2) is 67.3 Å². The molecule has 0 aliphatic carbocycles. The van der Waals surface area contributed by atoms with Crippen molar-refractivity contribution in [2.75, 3.05) is 51.4 Å². The van der Waals surface area contributed by atoms with E-state index in [0.29, 0.717) is 37.6 Å². The summed E-state index contributed by atoms with van der Waals surface area (Å²) in [5, 5.41) is 1.10. The maximum Gasteiger partial charge on any atom is 0.257 e. The van der Waals surface area contributed by atoms with Gasteiger partial charge in [0.1, 0.15) is 11.4 Å². The summed E-state index contributed by atoms with van der Waals surface area (Å²) in [5.74, 6) is 0.822. The van der Waals surface area contributed by atoms with Gasteiger partial charge < -0.3 is 24.3 Å². The summed E-state index contributed by atoms with van der Waals surface area (Å²) < 4.78 is 11.5. The van der Waals surface area contributed by atoms with Crippen LogP contribution < -0.4 is 9.64 Å². The number of fused-ring (bicyclic) bond motifs is 1. The molecule has 7 heteroatoms. The number of carbonyl (C=O) groups excluding carboxylic acids is 1. The van der Waals surface area contributed by atoms with E-state index in [0.717, 1.165) is 41.9 Å². The molecule has 3 aromatic rings. The van der Waals surface area contributed by atoms with Crippen molar-refractivity contribution >= 4 is 22.6 Å². The SMILES string of the molecule is COc1ccc(N2CCCCC2)cc1C(=O)N1CCOC[C@@H](Cc2ccc3cc[nH]c3n2)C1. The average molecular weight is 449 g/mol. The minimum absolute atomic E-state index is 0.00832. The number of anilines is 1. The lowest BCUT2D eigenvalue weighted by Crippen LogP contribution is -2.37. The first-order chi connectivity index (χ1) is 16.2. The highest BCUT2D eigenvalue weighted by Crippen LogP contribution is 2.29. The number of aromatic nitrogens is 2. The Balaban J connectivity index is 1.34. The zero-order valence-corrected chi connectivity index (χ0v) is 19.3. The van der Waals surface area contributed by atoms with Gasteiger partial charge in [-0.3, -0.25) is 4.79 Å². The zero-order chi connectivity index (χ0) is 22.6. The molecule has 2 aliphatic rings. The smallest absolute Gasteiger partial charge is 0.257 e. The van der Waals surface area contributed by atoms with Gasteiger partial charge in [-0.1, -0.05) is 0 Å². The zero-order valence-electron chi connectivity index (χ0n) is 19.3. The summed E-state index contributed by atoms with van der Waals surface area (Å²) in [6, 6.07) is 12.2. The number of nitrogens with one attached hydrogen (secondary N) is 1. The summed E-state index contributed by atoms with van der Waals surface area (Å²) in [6.07, 6.45) is 6.34. The molecular weight excluding hydrogens is 416 g/mol. The van der Waals surface area contributed by atoms with Crippen molar-refractivity contribution in [1.82, 2.24) is 14.9 Å². The number of nitrogens with zero attached hydrogens (tertiary/aromatic N) is 3. The number of methoxy groups -OCH3 is 1. The van der Waals surface area contributed by atoms with Gasteiger partial charge in [-0.15, -0.1) is 0 Å². The number of hydrogen-bond donors (Lipinski definition) is 1. The number of aromatic amines is 1. The van der Waals surface area contributed by atoms with Crippen LogP contribution in [-0.2, 0) is 11.2 Å². The lowest BCUT2D eigenvalue weighted by molar-refractivity contribution is 0.0734. The molecule has 0 unspecified atom stereocenters. The summed E-state index contributed by atoms with van der Waals surface area (Å²) in [4.78, 5) is 25.9. The highest BCUT2D eigenvalue weighted by molar-refractivity contribution is 5.98. The molecule has 1 N–H and O–H groups in total. The molecule has 2 aliphatic heterocycles. The summed E-state index contributed by atoms with van der Waals surface area (Å²) in [6.45, 7) is 4.46. The third-order valence-electron chi connectivity index (χ3n) is 6.72. The Morgan fingerprint density at radius 1 is 1.15 bits per heavy atom. The number of piperidine rings is 1. The summed E-state index contributed by atoms with van der Waals surface area (Å²) in [5.41, 5.74) is 3.64. The summed E-state index contributed by atoms with van der Waals surface area (Å²) >= 11 is 0. The van der Waals surface area contributed by atoms with E-state index < -0.39 is 0 Å². The van der Waals surface area contributed by atoms with Gasteiger partial charge in [0.15, 0.2) is 0 Å². The Kier molecular flexibility index (Phi) is 6.48. The Morgan fingerprint density at radius 3 is 2.88 bits per heavy atom. The molecule has 0 saturated carbocycles. The fraction of sp³-hybridized carbons (Fsp3) is 0.462. The molecular formula is C26H32N4O3. The van der Waals surface area contributed by atoms with Crippen LogP contribution in [0.15, 0.2) is 42.6 Å². The van der Waals surface area contributed by atoms with E-state index in [1.54, 1.807) is 7.11 Å². The van der Waals surface area contributed by atoms with Gasteiger partial charge in [0, 0.05) is 55.1 Å². The van der Waals surface area contributed by atoms with Gasteiger partial charge in [0.2, 0.25) is 0 Å². The fourth-order valence-electron chi connectivity index (χ4n) is 4.95. The van der Waals surface area contributed by atoms with Gasteiger partial charge in [0.05, 0.1) is 25.9 Å². The van der Waals surface area contributed by atoms with Crippen molar-refractivity contribution in [2.24, 2.45) is 5.92 Å². The highest BCUT2D eigenvalue weighted by atomic mass is 16.5. The van der Waals surface area contributed by atoms with Crippen molar-refractivity contribution in [3.8, 4) is 5.75 Å². The van der Waals surface area contributed by atoms with Crippen molar-refractivity contribution in [1.29, 1.82) is 0 Å². The van der Waals surface area contributed by atoms with Crippen molar-refractivity contribution in [2.45, 2.75) is 25.7 Å². The van der Waals surface area contributed by atoms with E-state index in [1.807, 2.05) is 29.3 Å². The molecule has 2 aromatic heterocycles. The number of pyridine rings is 1. The van der Waals surface area contributed by atoms with Gasteiger partial charge >= 0.3 is 0 Å². The van der Waals surface area contributed by atoms with Crippen LogP contribution in [0.25, 0.3) is 11.0 Å². The minimum atomic E-state index is 0.00832. The normalized spacial score (nSPS) is 19.5. The fourth-order valence-corrected chi connectivity index (χ4v) is 4.95. The van der Waals surface area contributed by atoms with Crippen LogP contribution >= 0.6 is 0 Å². The number of ether oxygens (including phenoxy) is 2. The molecule has 2 fully saturated rings. The molecule has 4 heterocycles. The molecule has 174 valence electrons. The van der Waals surface area contributed by atoms with E-state index in [-0.39, 0.29) is 11.8 Å². The number of carbonyl (C=O) groups is 1. The second-order valence-electron chi connectivity index (χ2n) is 9.05. The molecule has 33 heavy (non-hydrogen) atoms. The quantitative estimate of drug-likeness (QED) is 0.641. The predicted molar refractivity (Wildman–Crippen MR) is 129 cm³/mol. The van der Waals surface area contributed by atoms with Crippen LogP contribution in [0.2, 0.25) is 0 Å². The molecule has 0 spiro atoms. The monoisotopic (exact) mass is 448 g/mol. The van der Waals surface area contributed by atoms with Crippen LogP contribution in [0, 0.1) is 5.92 Å². The minimum Gasteiger partial charge on any atom is -0.496 e. The highest BCUT2D eigenvalue weighted by Gasteiger charge is 2.27. The maximum atomic E-state index is 13.7. The molecule has 0 bridgehead atoms. The maximum absolute atomic E-state index is 13.7.